The molecule has 0 aliphatic heterocycles. The van der Waals surface area contributed by atoms with Gasteiger partial charge in [0.05, 0.1) is 22.6 Å². The number of H-pyrrole nitrogens is 1. The molecule has 124 valence electrons. The molecule has 4 nitrogen and oxygen atoms in total. The predicted octanol–water partition coefficient (Wildman–Crippen LogP) is 4.59. The molecule has 1 aromatic heterocycles. The van der Waals surface area contributed by atoms with Crippen LogP contribution in [0.25, 0.3) is 11.0 Å². The fourth-order valence-electron chi connectivity index (χ4n) is 2.56. The van der Waals surface area contributed by atoms with Crippen LogP contribution in [0.1, 0.15) is 36.1 Å². The second-order valence-electron chi connectivity index (χ2n) is 5.96. The number of fused-ring (bicyclic) bond motifs is 1. The molecule has 1 heterocycles. The number of amides is 1. The van der Waals surface area contributed by atoms with Crippen LogP contribution in [0.4, 0.5) is 4.39 Å². The molecule has 1 atom stereocenters. The Balaban J connectivity index is 1.90. The molecule has 0 spiro atoms. The maximum atomic E-state index is 13.2. The van der Waals surface area contributed by atoms with Gasteiger partial charge in [-0.3, -0.25) is 4.79 Å². The van der Waals surface area contributed by atoms with Crippen LogP contribution < -0.4 is 5.32 Å². The highest BCUT2D eigenvalue weighted by Crippen LogP contribution is 2.24. The first kappa shape index (κ1) is 16.6. The van der Waals surface area contributed by atoms with Crippen LogP contribution in [0.2, 0.25) is 0 Å². The largest absolute Gasteiger partial charge is 0.342 e. The van der Waals surface area contributed by atoms with Gasteiger partial charge < -0.3 is 10.3 Å². The summed E-state index contributed by atoms with van der Waals surface area (Å²) >= 11 is 3.23. The van der Waals surface area contributed by atoms with Crippen LogP contribution >= 0.6 is 15.9 Å². The number of aromatic amines is 1. The number of nitrogens with one attached hydrogen (secondary N) is 2. The van der Waals surface area contributed by atoms with Crippen molar-refractivity contribution >= 4 is 32.9 Å². The van der Waals surface area contributed by atoms with Gasteiger partial charge in [-0.1, -0.05) is 26.0 Å². The highest BCUT2D eigenvalue weighted by Gasteiger charge is 2.23. The lowest BCUT2D eigenvalue weighted by Gasteiger charge is -2.20. The summed E-state index contributed by atoms with van der Waals surface area (Å²) in [6, 6.07) is 11.5. The minimum Gasteiger partial charge on any atom is -0.342 e. The first-order valence-electron chi connectivity index (χ1n) is 7.66. The smallest absolute Gasteiger partial charge is 0.253 e. The molecule has 0 aliphatic carbocycles. The summed E-state index contributed by atoms with van der Waals surface area (Å²) in [4.78, 5) is 20.4. The number of halogens is 2. The summed E-state index contributed by atoms with van der Waals surface area (Å²) < 4.78 is 13.6. The number of benzene rings is 2. The molecule has 0 saturated heterocycles. The van der Waals surface area contributed by atoms with E-state index in [4.69, 9.17) is 0 Å². The van der Waals surface area contributed by atoms with Crippen LogP contribution in [0.15, 0.2) is 46.9 Å². The van der Waals surface area contributed by atoms with Crippen molar-refractivity contribution in [3.05, 3.63) is 64.1 Å². The monoisotopic (exact) mass is 389 g/mol. The third-order valence-corrected chi connectivity index (χ3v) is 4.49. The molecular weight excluding hydrogens is 373 g/mol. The van der Waals surface area contributed by atoms with E-state index < -0.39 is 5.82 Å². The van der Waals surface area contributed by atoms with E-state index in [-0.39, 0.29) is 17.9 Å². The van der Waals surface area contributed by atoms with Crippen molar-refractivity contribution in [2.75, 3.05) is 0 Å². The number of carbonyl (C=O) groups is 1. The van der Waals surface area contributed by atoms with Crippen LogP contribution in [0.3, 0.4) is 0 Å². The van der Waals surface area contributed by atoms with Crippen LogP contribution in [0.5, 0.6) is 0 Å². The molecule has 0 radical (unpaired) electrons. The van der Waals surface area contributed by atoms with E-state index in [0.29, 0.717) is 15.9 Å². The van der Waals surface area contributed by atoms with Crippen LogP contribution in [0, 0.1) is 11.7 Å². The van der Waals surface area contributed by atoms with Gasteiger partial charge in [-0.2, -0.15) is 0 Å². The first-order valence-corrected chi connectivity index (χ1v) is 8.45. The van der Waals surface area contributed by atoms with Gasteiger partial charge >= 0.3 is 0 Å². The van der Waals surface area contributed by atoms with Crippen molar-refractivity contribution in [3.63, 3.8) is 0 Å². The van der Waals surface area contributed by atoms with Gasteiger partial charge in [-0.05, 0) is 52.2 Å². The summed E-state index contributed by atoms with van der Waals surface area (Å²) in [5, 5.41) is 2.99. The maximum absolute atomic E-state index is 13.2. The molecule has 3 aromatic rings. The average molecular weight is 390 g/mol. The highest BCUT2D eigenvalue weighted by atomic mass is 79.9. The molecule has 0 fully saturated rings. The van der Waals surface area contributed by atoms with Gasteiger partial charge in [-0.25, -0.2) is 9.37 Å². The van der Waals surface area contributed by atoms with Crippen molar-refractivity contribution in [1.82, 2.24) is 15.3 Å². The number of carbonyl (C=O) groups excluding carboxylic acids is 1. The minimum atomic E-state index is -0.392. The summed E-state index contributed by atoms with van der Waals surface area (Å²) in [5.74, 6) is 0.170. The van der Waals surface area contributed by atoms with Crippen molar-refractivity contribution in [2.24, 2.45) is 5.92 Å². The molecule has 0 saturated carbocycles. The topological polar surface area (TPSA) is 57.8 Å². The normalized spacial score (nSPS) is 12.5. The Morgan fingerprint density at radius 3 is 2.67 bits per heavy atom. The Bertz CT molecular complexity index is 858. The molecule has 0 bridgehead atoms. The van der Waals surface area contributed by atoms with Crippen molar-refractivity contribution < 1.29 is 9.18 Å². The number of imidazole rings is 1. The van der Waals surface area contributed by atoms with Crippen LogP contribution in [-0.4, -0.2) is 15.9 Å². The van der Waals surface area contributed by atoms with E-state index in [0.717, 1.165) is 11.0 Å². The number of rotatable bonds is 4. The molecule has 6 heteroatoms. The van der Waals surface area contributed by atoms with E-state index in [9.17, 15) is 9.18 Å². The zero-order valence-corrected chi connectivity index (χ0v) is 14.9. The molecule has 1 amide bonds. The number of aromatic nitrogens is 2. The van der Waals surface area contributed by atoms with Crippen LogP contribution in [-0.2, 0) is 0 Å². The average Bonchev–Trinajstić information content (AvgIpc) is 2.95. The Morgan fingerprint density at radius 2 is 2.00 bits per heavy atom. The molecule has 2 aromatic carbocycles. The standard InChI is InChI=1S/C18H17BrFN3O/c1-10(2)16(17-21-14-5-3-4-6-15(14)22-17)23-18(24)12-8-7-11(20)9-13(12)19/h3-10,16H,1-2H3,(H,21,22)(H,23,24). The van der Waals surface area contributed by atoms with E-state index in [2.05, 4.69) is 31.2 Å². The summed E-state index contributed by atoms with van der Waals surface area (Å²) in [6.45, 7) is 4.02. The lowest BCUT2D eigenvalue weighted by molar-refractivity contribution is 0.0922. The summed E-state index contributed by atoms with van der Waals surface area (Å²) in [6.07, 6.45) is 0. The van der Waals surface area contributed by atoms with Crippen molar-refractivity contribution in [2.45, 2.75) is 19.9 Å². The Kier molecular flexibility index (Phi) is 4.66. The lowest BCUT2D eigenvalue weighted by Crippen LogP contribution is -2.32. The number of hydrogen-bond donors (Lipinski definition) is 2. The van der Waals surface area contributed by atoms with E-state index >= 15 is 0 Å². The lowest BCUT2D eigenvalue weighted by atomic mass is 10.0. The molecule has 2 N–H and O–H groups in total. The highest BCUT2D eigenvalue weighted by molar-refractivity contribution is 9.10. The Labute approximate surface area is 147 Å². The zero-order valence-electron chi connectivity index (χ0n) is 13.3. The Morgan fingerprint density at radius 1 is 1.25 bits per heavy atom. The van der Waals surface area contributed by atoms with E-state index in [1.165, 1.54) is 18.2 Å². The van der Waals surface area contributed by atoms with Gasteiger partial charge in [0.25, 0.3) is 5.91 Å². The minimum absolute atomic E-state index is 0.133. The fraction of sp³-hybridized carbons (Fsp3) is 0.222. The molecular formula is C18H17BrFN3O. The molecule has 3 rings (SSSR count). The van der Waals surface area contributed by atoms with Crippen molar-refractivity contribution in [3.8, 4) is 0 Å². The van der Waals surface area contributed by atoms with Gasteiger partial charge in [0.15, 0.2) is 0 Å². The number of para-hydroxylation sites is 2. The second-order valence-corrected chi connectivity index (χ2v) is 6.81. The predicted molar refractivity (Wildman–Crippen MR) is 95.2 cm³/mol. The van der Waals surface area contributed by atoms with Crippen molar-refractivity contribution in [1.29, 1.82) is 0 Å². The third-order valence-electron chi connectivity index (χ3n) is 3.83. The van der Waals surface area contributed by atoms with E-state index in [1.54, 1.807) is 0 Å². The maximum Gasteiger partial charge on any atom is 0.253 e. The number of hydrogen-bond acceptors (Lipinski definition) is 2. The van der Waals surface area contributed by atoms with Gasteiger partial charge in [0, 0.05) is 4.47 Å². The van der Waals surface area contributed by atoms with E-state index in [1.807, 2.05) is 38.1 Å². The quantitative estimate of drug-likeness (QED) is 0.685. The second kappa shape index (κ2) is 6.73. The fourth-order valence-corrected chi connectivity index (χ4v) is 3.09. The first-order chi connectivity index (χ1) is 11.5. The zero-order chi connectivity index (χ0) is 17.3. The molecule has 0 aliphatic rings. The third kappa shape index (κ3) is 3.33. The summed E-state index contributed by atoms with van der Waals surface area (Å²) in [5.41, 5.74) is 2.17. The number of nitrogens with zero attached hydrogens (tertiary/aromatic N) is 1. The Hall–Kier alpha value is -2.21. The van der Waals surface area contributed by atoms with Gasteiger partial charge in [-0.15, -0.1) is 0 Å². The summed E-state index contributed by atoms with van der Waals surface area (Å²) in [7, 11) is 0. The molecule has 1 unspecified atom stereocenters. The van der Waals surface area contributed by atoms with Gasteiger partial charge in [0.2, 0.25) is 0 Å². The SMILES string of the molecule is CC(C)C(NC(=O)c1ccc(F)cc1Br)c1nc2ccccc2[nH]1. The molecule has 24 heavy (non-hydrogen) atoms. The van der Waals surface area contributed by atoms with Gasteiger partial charge in [0.1, 0.15) is 11.6 Å².